The van der Waals surface area contributed by atoms with Gasteiger partial charge >= 0.3 is 0 Å². The van der Waals surface area contributed by atoms with E-state index in [-0.39, 0.29) is 0 Å². The van der Waals surface area contributed by atoms with Gasteiger partial charge in [-0.25, -0.2) is 15.0 Å². The van der Waals surface area contributed by atoms with Crippen molar-refractivity contribution in [2.75, 3.05) is 24.5 Å². The van der Waals surface area contributed by atoms with E-state index in [1.54, 1.807) is 0 Å². The Labute approximate surface area is 163 Å². The normalized spacial score (nSPS) is 15.2. The standard InChI is InChI=1S/C20H25N7O/c1-26-13-16(17-3-2-6-23-19(17)26)10-22-9-14-4-7-27(8-5-14)20-24-11-15(12-25-20)18(21)28/h2-3,6,11-14,22H,4-5,7-10H2,1H3,(H2,21,28). The molecular weight excluding hydrogens is 354 g/mol. The highest BCUT2D eigenvalue weighted by Gasteiger charge is 2.21. The summed E-state index contributed by atoms with van der Waals surface area (Å²) in [5.74, 6) is 0.798. The summed E-state index contributed by atoms with van der Waals surface area (Å²) in [6, 6.07) is 4.11. The van der Waals surface area contributed by atoms with Gasteiger partial charge in [-0.2, -0.15) is 0 Å². The zero-order chi connectivity index (χ0) is 19.5. The first kappa shape index (κ1) is 18.4. The van der Waals surface area contributed by atoms with Gasteiger partial charge in [0.25, 0.3) is 5.91 Å². The SMILES string of the molecule is Cn1cc(CNCC2CCN(c3ncc(C(N)=O)cn3)CC2)c2cccnc21. The fourth-order valence-electron chi connectivity index (χ4n) is 3.79. The van der Waals surface area contributed by atoms with Gasteiger partial charge in [-0.05, 0) is 43.0 Å². The number of hydrogen-bond donors (Lipinski definition) is 2. The predicted octanol–water partition coefficient (Wildman–Crippen LogP) is 1.47. The van der Waals surface area contributed by atoms with Crippen LogP contribution in [0.25, 0.3) is 11.0 Å². The fraction of sp³-hybridized carbons (Fsp3) is 0.400. The van der Waals surface area contributed by atoms with E-state index in [0.717, 1.165) is 44.7 Å². The third kappa shape index (κ3) is 3.82. The average Bonchev–Trinajstić information content (AvgIpc) is 3.05. The molecule has 1 aliphatic rings. The number of pyridine rings is 1. The lowest BCUT2D eigenvalue weighted by Gasteiger charge is -2.32. The van der Waals surface area contributed by atoms with E-state index in [0.29, 0.717) is 17.4 Å². The summed E-state index contributed by atoms with van der Waals surface area (Å²) in [6.45, 7) is 3.67. The van der Waals surface area contributed by atoms with Gasteiger partial charge in [-0.3, -0.25) is 4.79 Å². The lowest BCUT2D eigenvalue weighted by Crippen LogP contribution is -2.38. The van der Waals surface area contributed by atoms with Crippen LogP contribution in [0.1, 0.15) is 28.8 Å². The maximum absolute atomic E-state index is 11.1. The molecule has 0 atom stereocenters. The topological polar surface area (TPSA) is 102 Å². The van der Waals surface area contributed by atoms with Gasteiger partial charge in [0.15, 0.2) is 0 Å². The third-order valence-corrected chi connectivity index (χ3v) is 5.38. The first-order chi connectivity index (χ1) is 13.6. The van der Waals surface area contributed by atoms with Gasteiger partial charge in [0.2, 0.25) is 5.95 Å². The molecule has 3 aromatic rings. The number of carbonyl (C=O) groups is 1. The lowest BCUT2D eigenvalue weighted by atomic mass is 9.97. The van der Waals surface area contributed by atoms with E-state index in [2.05, 4.69) is 42.0 Å². The van der Waals surface area contributed by atoms with Crippen LogP contribution in [0.2, 0.25) is 0 Å². The highest BCUT2D eigenvalue weighted by atomic mass is 16.1. The van der Waals surface area contributed by atoms with Crippen molar-refractivity contribution >= 4 is 22.9 Å². The van der Waals surface area contributed by atoms with Crippen molar-refractivity contribution in [1.29, 1.82) is 0 Å². The van der Waals surface area contributed by atoms with Gasteiger partial charge in [0, 0.05) is 56.9 Å². The van der Waals surface area contributed by atoms with E-state index in [4.69, 9.17) is 5.73 Å². The summed E-state index contributed by atoms with van der Waals surface area (Å²) in [6.07, 6.45) is 9.16. The predicted molar refractivity (Wildman–Crippen MR) is 108 cm³/mol. The number of nitrogens with two attached hydrogens (primary N) is 1. The molecule has 0 unspecified atom stereocenters. The van der Waals surface area contributed by atoms with Crippen LogP contribution < -0.4 is 16.0 Å². The number of anilines is 1. The Morgan fingerprint density at radius 2 is 2.00 bits per heavy atom. The van der Waals surface area contributed by atoms with Crippen LogP contribution in [-0.2, 0) is 13.6 Å². The summed E-state index contributed by atoms with van der Waals surface area (Å²) in [4.78, 5) is 26.3. The Morgan fingerprint density at radius 1 is 1.25 bits per heavy atom. The van der Waals surface area contributed by atoms with Gasteiger partial charge in [0.05, 0.1) is 5.56 Å². The number of aromatic nitrogens is 4. The summed E-state index contributed by atoms with van der Waals surface area (Å²) >= 11 is 0. The maximum Gasteiger partial charge on any atom is 0.251 e. The molecule has 1 amide bonds. The number of piperidine rings is 1. The molecule has 1 fully saturated rings. The molecule has 1 aliphatic heterocycles. The van der Waals surface area contributed by atoms with Gasteiger partial charge in [-0.1, -0.05) is 0 Å². The van der Waals surface area contributed by atoms with E-state index in [1.807, 2.05) is 19.3 Å². The molecule has 0 bridgehead atoms. The van der Waals surface area contributed by atoms with Crippen molar-refractivity contribution in [2.24, 2.45) is 18.7 Å². The summed E-state index contributed by atoms with van der Waals surface area (Å²) in [7, 11) is 2.03. The Hall–Kier alpha value is -3.00. The van der Waals surface area contributed by atoms with Crippen LogP contribution in [-0.4, -0.2) is 45.1 Å². The molecule has 146 valence electrons. The van der Waals surface area contributed by atoms with Crippen molar-refractivity contribution < 1.29 is 4.79 Å². The second kappa shape index (κ2) is 7.93. The van der Waals surface area contributed by atoms with Crippen molar-refractivity contribution in [3.05, 3.63) is 48.0 Å². The number of nitrogens with zero attached hydrogens (tertiary/aromatic N) is 5. The van der Waals surface area contributed by atoms with E-state index >= 15 is 0 Å². The fourth-order valence-corrected chi connectivity index (χ4v) is 3.79. The second-order valence-corrected chi connectivity index (χ2v) is 7.34. The summed E-state index contributed by atoms with van der Waals surface area (Å²) < 4.78 is 2.08. The first-order valence-corrected chi connectivity index (χ1v) is 9.58. The van der Waals surface area contributed by atoms with Crippen LogP contribution in [0.5, 0.6) is 0 Å². The highest BCUT2D eigenvalue weighted by Crippen LogP contribution is 2.21. The Balaban J connectivity index is 1.27. The van der Waals surface area contributed by atoms with Gasteiger partial charge < -0.3 is 20.5 Å². The van der Waals surface area contributed by atoms with Crippen molar-refractivity contribution in [3.63, 3.8) is 0 Å². The molecule has 0 saturated carbocycles. The molecule has 8 nitrogen and oxygen atoms in total. The van der Waals surface area contributed by atoms with Crippen molar-refractivity contribution in [1.82, 2.24) is 24.8 Å². The third-order valence-electron chi connectivity index (χ3n) is 5.38. The number of primary amides is 1. The van der Waals surface area contributed by atoms with E-state index < -0.39 is 5.91 Å². The minimum atomic E-state index is -0.502. The summed E-state index contributed by atoms with van der Waals surface area (Å²) in [5.41, 5.74) is 7.88. The smallest absolute Gasteiger partial charge is 0.251 e. The number of rotatable bonds is 6. The highest BCUT2D eigenvalue weighted by molar-refractivity contribution is 5.92. The largest absolute Gasteiger partial charge is 0.366 e. The molecule has 3 aromatic heterocycles. The molecule has 3 N–H and O–H groups in total. The lowest BCUT2D eigenvalue weighted by molar-refractivity contribution is 0.0999. The number of hydrogen-bond acceptors (Lipinski definition) is 6. The van der Waals surface area contributed by atoms with Crippen molar-refractivity contribution in [2.45, 2.75) is 19.4 Å². The monoisotopic (exact) mass is 379 g/mol. The first-order valence-electron chi connectivity index (χ1n) is 9.58. The van der Waals surface area contributed by atoms with Crippen molar-refractivity contribution in [3.8, 4) is 0 Å². The van der Waals surface area contributed by atoms with Gasteiger partial charge in [0.1, 0.15) is 5.65 Å². The number of carbonyl (C=O) groups excluding carboxylic acids is 1. The zero-order valence-electron chi connectivity index (χ0n) is 16.0. The molecule has 0 aromatic carbocycles. The molecule has 4 heterocycles. The Morgan fingerprint density at radius 3 is 2.71 bits per heavy atom. The molecule has 0 aliphatic carbocycles. The van der Waals surface area contributed by atoms with E-state index in [1.165, 1.54) is 23.3 Å². The number of fused-ring (bicyclic) bond motifs is 1. The molecule has 0 spiro atoms. The minimum absolute atomic E-state index is 0.339. The molecular formula is C20H25N7O. The van der Waals surface area contributed by atoms with Gasteiger partial charge in [-0.15, -0.1) is 0 Å². The van der Waals surface area contributed by atoms with Crippen LogP contribution in [0.4, 0.5) is 5.95 Å². The Bertz CT molecular complexity index is 958. The van der Waals surface area contributed by atoms with E-state index in [9.17, 15) is 4.79 Å². The molecule has 4 rings (SSSR count). The second-order valence-electron chi connectivity index (χ2n) is 7.34. The minimum Gasteiger partial charge on any atom is -0.366 e. The molecule has 28 heavy (non-hydrogen) atoms. The van der Waals surface area contributed by atoms with Crippen LogP contribution in [0.3, 0.4) is 0 Å². The number of aryl methyl sites for hydroxylation is 1. The quantitative estimate of drug-likeness (QED) is 0.672. The Kier molecular flexibility index (Phi) is 5.21. The average molecular weight is 379 g/mol. The molecule has 1 saturated heterocycles. The maximum atomic E-state index is 11.1. The number of amides is 1. The summed E-state index contributed by atoms with van der Waals surface area (Å²) in [5, 5.41) is 4.82. The van der Waals surface area contributed by atoms with Crippen LogP contribution >= 0.6 is 0 Å². The van der Waals surface area contributed by atoms with Crippen LogP contribution in [0.15, 0.2) is 36.9 Å². The zero-order valence-corrected chi connectivity index (χ0v) is 16.0. The van der Waals surface area contributed by atoms with Crippen LogP contribution in [0, 0.1) is 5.92 Å². The molecule has 8 heteroatoms. The number of nitrogens with one attached hydrogen (secondary N) is 1. The molecule has 0 radical (unpaired) electrons.